The van der Waals surface area contributed by atoms with Crippen molar-refractivity contribution in [1.82, 2.24) is 20.2 Å². The number of nitrogens with one attached hydrogen (secondary N) is 1. The third-order valence-corrected chi connectivity index (χ3v) is 5.27. The SMILES string of the molecule is COCCN1CC(C(=O)NCCc2nc(C)c3c(n2)CCC3)CCC1=O. The lowest BCUT2D eigenvalue weighted by molar-refractivity contribution is -0.138. The maximum Gasteiger partial charge on any atom is 0.224 e. The Morgan fingerprint density at radius 2 is 2.15 bits per heavy atom. The number of carbonyl (C=O) groups excluding carboxylic acids is 2. The van der Waals surface area contributed by atoms with Crippen molar-refractivity contribution >= 4 is 11.8 Å². The number of aryl methyl sites for hydroxylation is 2. The minimum atomic E-state index is -0.146. The minimum absolute atomic E-state index is 0.0119. The molecule has 1 N–H and O–H groups in total. The van der Waals surface area contributed by atoms with E-state index in [2.05, 4.69) is 15.3 Å². The molecule has 2 amide bonds. The van der Waals surface area contributed by atoms with E-state index >= 15 is 0 Å². The molecular weight excluding hydrogens is 332 g/mol. The molecule has 0 bridgehead atoms. The zero-order valence-corrected chi connectivity index (χ0v) is 15.7. The lowest BCUT2D eigenvalue weighted by atomic mass is 9.96. The van der Waals surface area contributed by atoms with Gasteiger partial charge in [-0.05, 0) is 38.2 Å². The van der Waals surface area contributed by atoms with Gasteiger partial charge in [-0.25, -0.2) is 9.97 Å². The molecule has 0 aromatic carbocycles. The predicted octanol–water partition coefficient (Wildman–Crippen LogP) is 0.817. The summed E-state index contributed by atoms with van der Waals surface area (Å²) in [7, 11) is 1.61. The van der Waals surface area contributed by atoms with Gasteiger partial charge in [-0.15, -0.1) is 0 Å². The van der Waals surface area contributed by atoms with Gasteiger partial charge in [0.2, 0.25) is 11.8 Å². The number of aromatic nitrogens is 2. The summed E-state index contributed by atoms with van der Waals surface area (Å²) < 4.78 is 5.04. The van der Waals surface area contributed by atoms with E-state index in [0.29, 0.717) is 45.5 Å². The van der Waals surface area contributed by atoms with Gasteiger partial charge >= 0.3 is 0 Å². The van der Waals surface area contributed by atoms with E-state index in [4.69, 9.17) is 4.74 Å². The van der Waals surface area contributed by atoms with E-state index in [9.17, 15) is 9.59 Å². The molecule has 1 unspecified atom stereocenters. The smallest absolute Gasteiger partial charge is 0.224 e. The molecule has 7 nitrogen and oxygen atoms in total. The third-order valence-electron chi connectivity index (χ3n) is 5.27. The van der Waals surface area contributed by atoms with Crippen molar-refractivity contribution in [2.45, 2.75) is 45.4 Å². The summed E-state index contributed by atoms with van der Waals surface area (Å²) in [4.78, 5) is 35.3. The average molecular weight is 360 g/mol. The first kappa shape index (κ1) is 18.8. The van der Waals surface area contributed by atoms with Crippen molar-refractivity contribution in [2.75, 3.05) is 33.4 Å². The number of fused-ring (bicyclic) bond motifs is 1. The van der Waals surface area contributed by atoms with Gasteiger partial charge in [0.1, 0.15) is 5.82 Å². The predicted molar refractivity (Wildman–Crippen MR) is 96.7 cm³/mol. The van der Waals surface area contributed by atoms with E-state index in [1.807, 2.05) is 6.92 Å². The lowest BCUT2D eigenvalue weighted by Crippen LogP contribution is -2.47. The number of amides is 2. The highest BCUT2D eigenvalue weighted by Gasteiger charge is 2.29. The zero-order valence-electron chi connectivity index (χ0n) is 15.7. The van der Waals surface area contributed by atoms with Crippen LogP contribution in [0.15, 0.2) is 0 Å². The second-order valence-electron chi connectivity index (χ2n) is 7.11. The highest BCUT2D eigenvalue weighted by molar-refractivity contribution is 5.83. The summed E-state index contributed by atoms with van der Waals surface area (Å²) in [5, 5.41) is 2.99. The van der Waals surface area contributed by atoms with E-state index in [0.717, 1.165) is 30.8 Å². The number of methoxy groups -OCH3 is 1. The number of hydrogen-bond donors (Lipinski definition) is 1. The Labute approximate surface area is 154 Å². The van der Waals surface area contributed by atoms with Crippen LogP contribution in [0.25, 0.3) is 0 Å². The van der Waals surface area contributed by atoms with Crippen molar-refractivity contribution in [3.8, 4) is 0 Å². The fourth-order valence-corrected chi connectivity index (χ4v) is 3.78. The van der Waals surface area contributed by atoms with Crippen LogP contribution in [-0.2, 0) is 33.6 Å². The van der Waals surface area contributed by atoms with Gasteiger partial charge in [0.05, 0.1) is 12.5 Å². The summed E-state index contributed by atoms with van der Waals surface area (Å²) in [6, 6.07) is 0. The molecule has 1 fully saturated rings. The largest absolute Gasteiger partial charge is 0.383 e. The molecule has 7 heteroatoms. The number of ether oxygens (including phenoxy) is 1. The molecule has 0 radical (unpaired) electrons. The monoisotopic (exact) mass is 360 g/mol. The molecule has 0 spiro atoms. The summed E-state index contributed by atoms with van der Waals surface area (Å²) >= 11 is 0. The van der Waals surface area contributed by atoms with Gasteiger partial charge in [0.25, 0.3) is 0 Å². The molecular formula is C19H28N4O3. The van der Waals surface area contributed by atoms with E-state index in [-0.39, 0.29) is 17.7 Å². The second kappa shape index (κ2) is 8.58. The number of piperidine rings is 1. The molecule has 1 aliphatic carbocycles. The maximum absolute atomic E-state index is 12.4. The first-order valence-electron chi connectivity index (χ1n) is 9.48. The van der Waals surface area contributed by atoms with Gasteiger partial charge in [-0.1, -0.05) is 0 Å². The number of rotatable bonds is 7. The van der Waals surface area contributed by atoms with Crippen molar-refractivity contribution in [3.05, 3.63) is 22.8 Å². The number of nitrogens with zero attached hydrogens (tertiary/aromatic N) is 3. The summed E-state index contributed by atoms with van der Waals surface area (Å²) in [6.45, 7) is 4.08. The zero-order chi connectivity index (χ0) is 18.5. The number of hydrogen-bond acceptors (Lipinski definition) is 5. The van der Waals surface area contributed by atoms with Gasteiger partial charge < -0.3 is 15.0 Å². The molecule has 0 saturated carbocycles. The van der Waals surface area contributed by atoms with E-state index < -0.39 is 0 Å². The second-order valence-corrected chi connectivity index (χ2v) is 7.11. The Balaban J connectivity index is 1.48. The highest BCUT2D eigenvalue weighted by Crippen LogP contribution is 2.22. The van der Waals surface area contributed by atoms with Gasteiger partial charge in [0.15, 0.2) is 0 Å². The molecule has 3 rings (SSSR count). The number of likely N-dealkylation sites (tertiary alicyclic amines) is 1. The van der Waals surface area contributed by atoms with Crippen molar-refractivity contribution < 1.29 is 14.3 Å². The third kappa shape index (κ3) is 4.38. The van der Waals surface area contributed by atoms with Crippen LogP contribution in [0.4, 0.5) is 0 Å². The minimum Gasteiger partial charge on any atom is -0.383 e. The highest BCUT2D eigenvalue weighted by atomic mass is 16.5. The topological polar surface area (TPSA) is 84.4 Å². The molecule has 2 aliphatic rings. The summed E-state index contributed by atoms with van der Waals surface area (Å²) in [6.07, 6.45) is 4.95. The Morgan fingerprint density at radius 3 is 2.96 bits per heavy atom. The summed E-state index contributed by atoms with van der Waals surface area (Å²) in [5.41, 5.74) is 3.56. The fraction of sp³-hybridized carbons (Fsp3) is 0.684. The first-order chi connectivity index (χ1) is 12.6. The van der Waals surface area contributed by atoms with Crippen molar-refractivity contribution in [2.24, 2.45) is 5.92 Å². The molecule has 26 heavy (non-hydrogen) atoms. The van der Waals surface area contributed by atoms with Crippen LogP contribution in [-0.4, -0.2) is 60.0 Å². The van der Waals surface area contributed by atoms with Crippen LogP contribution in [0.5, 0.6) is 0 Å². The molecule has 1 aliphatic heterocycles. The van der Waals surface area contributed by atoms with Crippen LogP contribution in [0.2, 0.25) is 0 Å². The first-order valence-corrected chi connectivity index (χ1v) is 9.48. The van der Waals surface area contributed by atoms with Crippen molar-refractivity contribution in [3.63, 3.8) is 0 Å². The van der Waals surface area contributed by atoms with E-state index in [1.165, 1.54) is 11.3 Å². The summed E-state index contributed by atoms with van der Waals surface area (Å²) in [5.74, 6) is 0.780. The molecule has 142 valence electrons. The Kier molecular flexibility index (Phi) is 6.19. The van der Waals surface area contributed by atoms with Crippen LogP contribution in [0, 0.1) is 12.8 Å². The average Bonchev–Trinajstić information content (AvgIpc) is 3.10. The van der Waals surface area contributed by atoms with Crippen LogP contribution >= 0.6 is 0 Å². The molecule has 1 aromatic rings. The van der Waals surface area contributed by atoms with Crippen molar-refractivity contribution in [1.29, 1.82) is 0 Å². The molecule has 1 saturated heterocycles. The normalized spacial score (nSPS) is 19.5. The Hall–Kier alpha value is -2.02. The molecule has 1 aromatic heterocycles. The van der Waals surface area contributed by atoms with Crippen LogP contribution < -0.4 is 5.32 Å². The van der Waals surface area contributed by atoms with Gasteiger partial charge in [0, 0.05) is 51.0 Å². The Bertz CT molecular complexity index is 677. The van der Waals surface area contributed by atoms with Gasteiger partial charge in [-0.3, -0.25) is 9.59 Å². The van der Waals surface area contributed by atoms with Crippen LogP contribution in [0.1, 0.15) is 42.0 Å². The number of carbonyl (C=O) groups is 2. The lowest BCUT2D eigenvalue weighted by Gasteiger charge is -2.31. The molecule has 2 heterocycles. The Morgan fingerprint density at radius 1 is 1.31 bits per heavy atom. The van der Waals surface area contributed by atoms with Gasteiger partial charge in [-0.2, -0.15) is 0 Å². The molecule has 1 atom stereocenters. The standard InChI is InChI=1S/C19H28N4O3/c1-13-15-4-3-5-16(15)22-17(21-13)8-9-20-19(25)14-6-7-18(24)23(12-14)10-11-26-2/h14H,3-12H2,1-2H3,(H,20,25). The maximum atomic E-state index is 12.4. The van der Waals surface area contributed by atoms with Crippen LogP contribution in [0.3, 0.4) is 0 Å². The van der Waals surface area contributed by atoms with E-state index in [1.54, 1.807) is 12.0 Å². The fourth-order valence-electron chi connectivity index (χ4n) is 3.78. The quantitative estimate of drug-likeness (QED) is 0.778.